The third-order valence-corrected chi connectivity index (χ3v) is 5.05. The lowest BCUT2D eigenvalue weighted by Crippen LogP contribution is -2.12. The van der Waals surface area contributed by atoms with Crippen LogP contribution in [0.3, 0.4) is 0 Å². The summed E-state index contributed by atoms with van der Waals surface area (Å²) in [6.45, 7) is 2.05. The first-order valence-electron chi connectivity index (χ1n) is 9.92. The summed E-state index contributed by atoms with van der Waals surface area (Å²) < 4.78 is 0. The number of hydrazone groups is 1. The molecule has 0 fully saturated rings. The van der Waals surface area contributed by atoms with Gasteiger partial charge in [0.15, 0.2) is 0 Å². The minimum Gasteiger partial charge on any atom is -0.321 e. The second-order valence-electron chi connectivity index (χ2n) is 7.29. The molecule has 2 heterocycles. The Bertz CT molecular complexity index is 1490. The van der Waals surface area contributed by atoms with Crippen molar-refractivity contribution in [3.63, 3.8) is 0 Å². The summed E-state index contributed by atoms with van der Waals surface area (Å²) in [6.07, 6.45) is 1.48. The van der Waals surface area contributed by atoms with E-state index in [1.54, 1.807) is 6.07 Å². The summed E-state index contributed by atoms with van der Waals surface area (Å²) in [7, 11) is 0. The van der Waals surface area contributed by atoms with E-state index in [1.807, 2.05) is 73.7 Å². The number of aryl methyl sites for hydroxylation is 1. The zero-order valence-electron chi connectivity index (χ0n) is 16.8. The molecule has 6 nitrogen and oxygen atoms in total. The Hall–Kier alpha value is -4.32. The number of fused-ring (bicyclic) bond motifs is 2. The molecule has 31 heavy (non-hydrogen) atoms. The number of pyridine rings is 1. The van der Waals surface area contributed by atoms with Crippen LogP contribution in [0.1, 0.15) is 11.1 Å². The Morgan fingerprint density at radius 1 is 0.935 bits per heavy atom. The van der Waals surface area contributed by atoms with Crippen molar-refractivity contribution >= 4 is 34.0 Å². The Morgan fingerprint density at radius 3 is 2.61 bits per heavy atom. The predicted molar refractivity (Wildman–Crippen MR) is 125 cm³/mol. The molecule has 0 spiro atoms. The van der Waals surface area contributed by atoms with Crippen molar-refractivity contribution in [3.05, 3.63) is 100 Å². The molecule has 5 rings (SSSR count). The molecular formula is C25H19N5O. The van der Waals surface area contributed by atoms with Gasteiger partial charge in [-0.3, -0.25) is 4.79 Å². The smallest absolute Gasteiger partial charge is 0.257 e. The first-order valence-corrected chi connectivity index (χ1v) is 9.92. The van der Waals surface area contributed by atoms with Crippen molar-refractivity contribution in [2.24, 2.45) is 5.10 Å². The molecule has 150 valence electrons. The highest BCUT2D eigenvalue weighted by Gasteiger charge is 2.10. The van der Waals surface area contributed by atoms with Crippen LogP contribution in [-0.2, 0) is 0 Å². The second kappa shape index (κ2) is 7.84. The van der Waals surface area contributed by atoms with Gasteiger partial charge in [-0.2, -0.15) is 5.10 Å². The van der Waals surface area contributed by atoms with E-state index < -0.39 is 0 Å². The summed E-state index contributed by atoms with van der Waals surface area (Å²) in [5.74, 6) is 0.365. The molecule has 0 saturated heterocycles. The van der Waals surface area contributed by atoms with Crippen LogP contribution in [0, 0.1) is 6.92 Å². The maximum atomic E-state index is 12.3. The van der Waals surface area contributed by atoms with Gasteiger partial charge in [-0.15, -0.1) is 0 Å². The molecule has 6 heteroatoms. The van der Waals surface area contributed by atoms with Gasteiger partial charge in [0.25, 0.3) is 5.56 Å². The highest BCUT2D eigenvalue weighted by atomic mass is 16.1. The number of aromatic nitrogens is 3. The van der Waals surface area contributed by atoms with Gasteiger partial charge >= 0.3 is 0 Å². The van der Waals surface area contributed by atoms with E-state index in [1.165, 1.54) is 6.21 Å². The van der Waals surface area contributed by atoms with Crippen LogP contribution >= 0.6 is 0 Å². The van der Waals surface area contributed by atoms with Crippen LogP contribution in [0.25, 0.3) is 33.1 Å². The van der Waals surface area contributed by atoms with E-state index >= 15 is 0 Å². The molecular weight excluding hydrogens is 386 g/mol. The maximum Gasteiger partial charge on any atom is 0.257 e. The third-order valence-electron chi connectivity index (χ3n) is 5.05. The van der Waals surface area contributed by atoms with Gasteiger partial charge in [-0.25, -0.2) is 15.4 Å². The molecule has 2 aromatic heterocycles. The van der Waals surface area contributed by atoms with Crippen LogP contribution in [0.2, 0.25) is 0 Å². The number of hydrogen-bond donors (Lipinski definition) is 2. The molecule has 2 N–H and O–H groups in total. The van der Waals surface area contributed by atoms with Gasteiger partial charge in [-0.05, 0) is 36.6 Å². The lowest BCUT2D eigenvalue weighted by atomic mass is 10.0. The average Bonchev–Trinajstić information content (AvgIpc) is 2.79. The highest BCUT2D eigenvalue weighted by molar-refractivity contribution is 5.93. The molecule has 5 aromatic rings. The summed E-state index contributed by atoms with van der Waals surface area (Å²) in [5.41, 5.74) is 7.70. The third kappa shape index (κ3) is 3.79. The van der Waals surface area contributed by atoms with Crippen molar-refractivity contribution in [2.45, 2.75) is 6.92 Å². The minimum atomic E-state index is -0.205. The zero-order valence-corrected chi connectivity index (χ0v) is 16.8. The van der Waals surface area contributed by atoms with E-state index in [0.717, 1.165) is 38.6 Å². The molecule has 0 atom stereocenters. The summed E-state index contributed by atoms with van der Waals surface area (Å²) in [5, 5.41) is 6.13. The Labute approximate surface area is 178 Å². The van der Waals surface area contributed by atoms with Crippen molar-refractivity contribution in [2.75, 3.05) is 5.43 Å². The topological polar surface area (TPSA) is 83.0 Å². The quantitative estimate of drug-likeness (QED) is 0.329. The fraction of sp³-hybridized carbons (Fsp3) is 0.0400. The van der Waals surface area contributed by atoms with E-state index in [0.29, 0.717) is 11.5 Å². The van der Waals surface area contributed by atoms with Crippen molar-refractivity contribution < 1.29 is 0 Å². The number of anilines is 1. The predicted octanol–water partition coefficient (Wildman–Crippen LogP) is 4.89. The van der Waals surface area contributed by atoms with E-state index in [4.69, 9.17) is 4.98 Å². The number of benzene rings is 3. The molecule has 0 radical (unpaired) electrons. The van der Waals surface area contributed by atoms with Crippen LogP contribution in [0.5, 0.6) is 0 Å². The fourth-order valence-corrected chi connectivity index (χ4v) is 3.53. The molecule has 0 aliphatic rings. The number of rotatable bonds is 4. The number of nitrogens with one attached hydrogen (secondary N) is 2. The van der Waals surface area contributed by atoms with E-state index in [-0.39, 0.29) is 5.56 Å². The number of aromatic amines is 1. The van der Waals surface area contributed by atoms with Crippen LogP contribution in [0.4, 0.5) is 5.95 Å². The fourth-order valence-electron chi connectivity index (χ4n) is 3.53. The Kier molecular flexibility index (Phi) is 4.72. The summed E-state index contributed by atoms with van der Waals surface area (Å²) in [4.78, 5) is 24.5. The molecule has 0 saturated carbocycles. The van der Waals surface area contributed by atoms with Gasteiger partial charge in [0, 0.05) is 16.5 Å². The normalized spacial score (nSPS) is 11.4. The average molecular weight is 405 g/mol. The van der Waals surface area contributed by atoms with Crippen molar-refractivity contribution in [3.8, 4) is 11.3 Å². The van der Waals surface area contributed by atoms with Gasteiger partial charge in [0.1, 0.15) is 0 Å². The molecule has 0 aliphatic carbocycles. The molecule has 3 aromatic carbocycles. The first-order chi connectivity index (χ1) is 15.2. The zero-order chi connectivity index (χ0) is 21.2. The van der Waals surface area contributed by atoms with E-state index in [9.17, 15) is 4.79 Å². The van der Waals surface area contributed by atoms with E-state index in [2.05, 4.69) is 26.6 Å². The molecule has 0 unspecified atom stereocenters. The molecule has 0 aliphatic heterocycles. The summed E-state index contributed by atoms with van der Waals surface area (Å²) >= 11 is 0. The Morgan fingerprint density at radius 2 is 1.74 bits per heavy atom. The van der Waals surface area contributed by atoms with Gasteiger partial charge in [0.2, 0.25) is 5.95 Å². The van der Waals surface area contributed by atoms with Crippen molar-refractivity contribution in [1.82, 2.24) is 15.0 Å². The second-order valence-corrected chi connectivity index (χ2v) is 7.29. The van der Waals surface area contributed by atoms with Crippen LogP contribution < -0.4 is 11.0 Å². The maximum absolute atomic E-state index is 12.3. The largest absolute Gasteiger partial charge is 0.321 e. The van der Waals surface area contributed by atoms with Gasteiger partial charge in [-0.1, -0.05) is 60.2 Å². The summed E-state index contributed by atoms with van der Waals surface area (Å²) in [6, 6.07) is 25.5. The molecule has 0 amide bonds. The number of hydrogen-bond acceptors (Lipinski definition) is 5. The highest BCUT2D eigenvalue weighted by Crippen LogP contribution is 2.28. The monoisotopic (exact) mass is 405 g/mol. The Balaban J connectivity index is 1.52. The number of para-hydroxylation sites is 1. The minimum absolute atomic E-state index is 0.205. The number of H-pyrrole nitrogens is 1. The standard InChI is InChI=1S/C25H19N5O/c1-16-11-12-22-20(13-16)23(17-7-3-2-4-8-17)29-25(28-22)30-26-15-19-14-18-9-5-6-10-21(18)27-24(19)31/h2-15H,1H3,(H,27,31)(H,28,29,30). The molecule has 0 bridgehead atoms. The lowest BCUT2D eigenvalue weighted by Gasteiger charge is -2.09. The number of nitrogens with zero attached hydrogens (tertiary/aromatic N) is 3. The van der Waals surface area contributed by atoms with Crippen LogP contribution in [0.15, 0.2) is 88.8 Å². The van der Waals surface area contributed by atoms with Gasteiger partial charge < -0.3 is 4.98 Å². The first kappa shape index (κ1) is 18.7. The SMILES string of the molecule is Cc1ccc2nc(NN=Cc3cc4ccccc4[nH]c3=O)nc(-c3ccccc3)c2c1. The van der Waals surface area contributed by atoms with Crippen LogP contribution in [-0.4, -0.2) is 21.2 Å². The van der Waals surface area contributed by atoms with Crippen molar-refractivity contribution in [1.29, 1.82) is 0 Å². The lowest BCUT2D eigenvalue weighted by molar-refractivity contribution is 1.15. The van der Waals surface area contributed by atoms with Gasteiger partial charge in [0.05, 0.1) is 23.0 Å².